The van der Waals surface area contributed by atoms with Crippen LogP contribution >= 0.6 is 0 Å². The van der Waals surface area contributed by atoms with Crippen molar-refractivity contribution in [2.24, 2.45) is 7.05 Å². The summed E-state index contributed by atoms with van der Waals surface area (Å²) in [6, 6.07) is 9.86. The van der Waals surface area contributed by atoms with Gasteiger partial charge in [-0.2, -0.15) is 5.10 Å². The van der Waals surface area contributed by atoms with Gasteiger partial charge in [0.2, 0.25) is 5.91 Å². The smallest absolute Gasteiger partial charge is 0.257 e. The number of piperazine rings is 1. The van der Waals surface area contributed by atoms with Crippen LogP contribution < -0.4 is 5.32 Å². The molecule has 3 rings (SSSR count). The lowest BCUT2D eigenvalue weighted by molar-refractivity contribution is -0.122. The average Bonchev–Trinajstić information content (AvgIpc) is 3.00. The van der Waals surface area contributed by atoms with Crippen LogP contribution in [-0.4, -0.2) is 64.1 Å². The van der Waals surface area contributed by atoms with Crippen LogP contribution in [0.2, 0.25) is 0 Å². The van der Waals surface area contributed by atoms with Crippen molar-refractivity contribution in [3.8, 4) is 0 Å². The highest BCUT2D eigenvalue weighted by Gasteiger charge is 2.25. The van der Waals surface area contributed by atoms with Crippen molar-refractivity contribution in [3.05, 3.63) is 53.3 Å². The van der Waals surface area contributed by atoms with Crippen LogP contribution in [0.3, 0.4) is 0 Å². The first-order chi connectivity index (χ1) is 12.5. The summed E-state index contributed by atoms with van der Waals surface area (Å²) in [6.45, 7) is 5.44. The summed E-state index contributed by atoms with van der Waals surface area (Å²) in [7, 11) is 1.83. The normalized spacial score (nSPS) is 15.1. The molecule has 26 heavy (non-hydrogen) atoms. The van der Waals surface area contributed by atoms with Crippen LogP contribution in [-0.2, 0) is 18.4 Å². The average molecular weight is 355 g/mol. The van der Waals surface area contributed by atoms with Gasteiger partial charge in [-0.05, 0) is 12.5 Å². The van der Waals surface area contributed by atoms with E-state index in [2.05, 4.69) is 15.3 Å². The van der Waals surface area contributed by atoms with Crippen LogP contribution in [0.5, 0.6) is 0 Å². The molecular weight excluding hydrogens is 330 g/mol. The molecule has 1 fully saturated rings. The summed E-state index contributed by atoms with van der Waals surface area (Å²) in [4.78, 5) is 28.6. The molecule has 0 spiro atoms. The second-order valence-electron chi connectivity index (χ2n) is 6.60. The molecule has 0 atom stereocenters. The lowest BCUT2D eigenvalue weighted by Crippen LogP contribution is -2.51. The number of aryl methyl sites for hydroxylation is 1. The Morgan fingerprint density at radius 1 is 1.12 bits per heavy atom. The number of carbonyl (C=O) groups is 2. The molecule has 0 unspecified atom stereocenters. The molecule has 2 heterocycles. The zero-order valence-electron chi connectivity index (χ0n) is 15.3. The van der Waals surface area contributed by atoms with Gasteiger partial charge in [-0.1, -0.05) is 30.3 Å². The fourth-order valence-corrected chi connectivity index (χ4v) is 3.04. The molecule has 0 bridgehead atoms. The Hall–Kier alpha value is -2.67. The number of nitrogens with zero attached hydrogens (tertiary/aromatic N) is 4. The third-order valence-electron chi connectivity index (χ3n) is 4.82. The Bertz CT molecular complexity index is 763. The van der Waals surface area contributed by atoms with E-state index in [1.165, 1.54) is 0 Å². The SMILES string of the molecule is Cc1c(C(=O)N2CCN(CC(=O)NCc3ccccc3)CC2)cnn1C. The zero-order valence-corrected chi connectivity index (χ0v) is 15.3. The lowest BCUT2D eigenvalue weighted by Gasteiger charge is -2.34. The minimum absolute atomic E-state index is 0.0109. The van der Waals surface area contributed by atoms with Crippen LogP contribution in [0, 0.1) is 6.92 Å². The molecule has 2 aromatic rings. The van der Waals surface area contributed by atoms with Crippen LogP contribution in [0.4, 0.5) is 0 Å². The van der Waals surface area contributed by atoms with Crippen molar-refractivity contribution >= 4 is 11.8 Å². The molecule has 7 nitrogen and oxygen atoms in total. The van der Waals surface area contributed by atoms with E-state index < -0.39 is 0 Å². The zero-order chi connectivity index (χ0) is 18.5. The molecule has 0 saturated carbocycles. The Kier molecular flexibility index (Phi) is 5.68. The van der Waals surface area contributed by atoms with E-state index in [1.54, 1.807) is 10.9 Å². The number of hydrogen-bond acceptors (Lipinski definition) is 4. The monoisotopic (exact) mass is 355 g/mol. The first kappa shape index (κ1) is 18.1. The number of rotatable bonds is 5. The minimum atomic E-state index is 0.0109. The molecular formula is C19H25N5O2. The second-order valence-corrected chi connectivity index (χ2v) is 6.60. The highest BCUT2D eigenvalue weighted by atomic mass is 16.2. The van der Waals surface area contributed by atoms with E-state index in [0.717, 1.165) is 11.3 Å². The molecule has 1 saturated heterocycles. The highest BCUT2D eigenvalue weighted by Crippen LogP contribution is 2.12. The van der Waals surface area contributed by atoms with Crippen molar-refractivity contribution in [1.29, 1.82) is 0 Å². The van der Waals surface area contributed by atoms with Gasteiger partial charge in [-0.15, -0.1) is 0 Å². The molecule has 1 aromatic heterocycles. The third-order valence-corrected chi connectivity index (χ3v) is 4.82. The minimum Gasteiger partial charge on any atom is -0.351 e. The molecule has 138 valence electrons. The van der Waals surface area contributed by atoms with Crippen LogP contribution in [0.1, 0.15) is 21.6 Å². The van der Waals surface area contributed by atoms with Crippen molar-refractivity contribution in [3.63, 3.8) is 0 Å². The maximum absolute atomic E-state index is 12.6. The molecule has 1 aliphatic heterocycles. The molecule has 2 amide bonds. The summed E-state index contributed by atoms with van der Waals surface area (Å²) < 4.78 is 1.71. The Morgan fingerprint density at radius 3 is 2.42 bits per heavy atom. The van der Waals surface area contributed by atoms with Crippen molar-refractivity contribution in [2.75, 3.05) is 32.7 Å². The number of benzene rings is 1. The fourth-order valence-electron chi connectivity index (χ4n) is 3.04. The van der Waals surface area contributed by atoms with Crippen molar-refractivity contribution in [2.45, 2.75) is 13.5 Å². The van der Waals surface area contributed by atoms with Gasteiger partial charge in [-0.25, -0.2) is 0 Å². The Labute approximate surface area is 153 Å². The van der Waals surface area contributed by atoms with Crippen molar-refractivity contribution in [1.82, 2.24) is 24.9 Å². The summed E-state index contributed by atoms with van der Waals surface area (Å²) in [6.07, 6.45) is 1.63. The van der Waals surface area contributed by atoms with E-state index in [9.17, 15) is 9.59 Å². The maximum Gasteiger partial charge on any atom is 0.257 e. The van der Waals surface area contributed by atoms with Gasteiger partial charge in [0.1, 0.15) is 0 Å². The van der Waals surface area contributed by atoms with E-state index in [4.69, 9.17) is 0 Å². The van der Waals surface area contributed by atoms with E-state index in [0.29, 0.717) is 44.8 Å². The largest absolute Gasteiger partial charge is 0.351 e. The Balaban J connectivity index is 1.44. The topological polar surface area (TPSA) is 70.5 Å². The molecule has 1 aliphatic rings. The molecule has 1 N–H and O–H groups in total. The first-order valence-electron chi connectivity index (χ1n) is 8.85. The summed E-state index contributed by atoms with van der Waals surface area (Å²) in [5.41, 5.74) is 2.61. The number of amides is 2. The molecule has 1 aromatic carbocycles. The van der Waals surface area contributed by atoms with Crippen LogP contribution in [0.15, 0.2) is 36.5 Å². The van der Waals surface area contributed by atoms with Gasteiger partial charge in [0.15, 0.2) is 0 Å². The predicted octanol–water partition coefficient (Wildman–Crippen LogP) is 0.803. The predicted molar refractivity (Wildman–Crippen MR) is 98.6 cm³/mol. The number of carbonyl (C=O) groups excluding carboxylic acids is 2. The standard InChI is InChI=1S/C19H25N5O2/c1-15-17(13-21-22(15)2)19(26)24-10-8-23(9-11-24)14-18(25)20-12-16-6-4-3-5-7-16/h3-7,13H,8-12,14H2,1-2H3,(H,20,25). The van der Waals surface area contributed by atoms with Crippen molar-refractivity contribution < 1.29 is 9.59 Å². The molecule has 7 heteroatoms. The second kappa shape index (κ2) is 8.14. The summed E-state index contributed by atoms with van der Waals surface area (Å²) in [5.74, 6) is 0.0283. The van der Waals surface area contributed by atoms with Gasteiger partial charge in [-0.3, -0.25) is 19.2 Å². The number of nitrogens with one attached hydrogen (secondary N) is 1. The van der Waals surface area contributed by atoms with E-state index >= 15 is 0 Å². The van der Waals surface area contributed by atoms with Gasteiger partial charge < -0.3 is 10.2 Å². The van der Waals surface area contributed by atoms with Gasteiger partial charge in [0.25, 0.3) is 5.91 Å². The van der Waals surface area contributed by atoms with Gasteiger partial charge >= 0.3 is 0 Å². The van der Waals surface area contributed by atoms with E-state index in [1.807, 2.05) is 49.2 Å². The van der Waals surface area contributed by atoms with Gasteiger partial charge in [0, 0.05) is 45.5 Å². The summed E-state index contributed by atoms with van der Waals surface area (Å²) in [5, 5.41) is 7.08. The fraction of sp³-hybridized carbons (Fsp3) is 0.421. The maximum atomic E-state index is 12.6. The quantitative estimate of drug-likeness (QED) is 0.861. The van der Waals surface area contributed by atoms with E-state index in [-0.39, 0.29) is 11.8 Å². The lowest BCUT2D eigenvalue weighted by atomic mass is 10.2. The Morgan fingerprint density at radius 2 is 1.81 bits per heavy atom. The molecule has 0 aliphatic carbocycles. The first-order valence-corrected chi connectivity index (χ1v) is 8.85. The number of hydrogen-bond donors (Lipinski definition) is 1. The number of aromatic nitrogens is 2. The molecule has 0 radical (unpaired) electrons. The third kappa shape index (κ3) is 4.29. The highest BCUT2D eigenvalue weighted by molar-refractivity contribution is 5.95. The van der Waals surface area contributed by atoms with Crippen LogP contribution in [0.25, 0.3) is 0 Å². The summed E-state index contributed by atoms with van der Waals surface area (Å²) >= 11 is 0. The van der Waals surface area contributed by atoms with Gasteiger partial charge in [0.05, 0.1) is 18.3 Å².